The van der Waals surface area contributed by atoms with Crippen molar-refractivity contribution >= 4 is 12.1 Å². The van der Waals surface area contributed by atoms with E-state index in [1.165, 1.54) is 5.56 Å². The van der Waals surface area contributed by atoms with Gasteiger partial charge in [0.25, 0.3) is 0 Å². The molecule has 106 valence electrons. The molecule has 1 aromatic rings. The van der Waals surface area contributed by atoms with Crippen LogP contribution in [0.1, 0.15) is 37.8 Å². The first-order valence-corrected chi connectivity index (χ1v) is 5.97. The number of hydrogen-bond donors (Lipinski definition) is 3. The number of hydrogen-bond acceptors (Lipinski definition) is 2. The Morgan fingerprint density at radius 1 is 1.00 bits per heavy atom. The molecule has 0 aromatic heterocycles. The fraction of sp³-hybridized carbons (Fsp3) is 0.429. The Hall–Kier alpha value is -2.04. The predicted molar refractivity (Wildman–Crippen MR) is 71.7 cm³/mol. The molecule has 1 atom stereocenters. The van der Waals surface area contributed by atoms with E-state index >= 15 is 0 Å². The van der Waals surface area contributed by atoms with Gasteiger partial charge in [-0.1, -0.05) is 38.1 Å². The summed E-state index contributed by atoms with van der Waals surface area (Å²) in [5, 5.41) is 22.8. The van der Waals surface area contributed by atoms with E-state index in [1.54, 1.807) is 6.92 Å². The van der Waals surface area contributed by atoms with Gasteiger partial charge in [0.05, 0.1) is 5.92 Å². The van der Waals surface area contributed by atoms with Gasteiger partial charge in [0.2, 0.25) is 0 Å². The van der Waals surface area contributed by atoms with Crippen LogP contribution in [0.4, 0.5) is 4.79 Å². The fourth-order valence-electron chi connectivity index (χ4n) is 1.56. The minimum absolute atomic E-state index is 0.418. The molecule has 5 heteroatoms. The SMILES string of the molecule is CC(C)Cc1ccc(C(C)C(=O)O)cc1.O=C(O)O. The van der Waals surface area contributed by atoms with Crippen LogP contribution in [0.15, 0.2) is 24.3 Å². The lowest BCUT2D eigenvalue weighted by atomic mass is 9.97. The molecule has 1 unspecified atom stereocenters. The van der Waals surface area contributed by atoms with Gasteiger partial charge in [-0.05, 0) is 30.4 Å². The Balaban J connectivity index is 0.000000711. The summed E-state index contributed by atoms with van der Waals surface area (Å²) in [5.74, 6) is -0.558. The number of carboxylic acid groups (broad SMARTS) is 3. The van der Waals surface area contributed by atoms with Crippen LogP contribution in [0.2, 0.25) is 0 Å². The fourth-order valence-corrected chi connectivity index (χ4v) is 1.56. The quantitative estimate of drug-likeness (QED) is 0.778. The van der Waals surface area contributed by atoms with E-state index in [0.29, 0.717) is 5.92 Å². The van der Waals surface area contributed by atoms with Crippen LogP contribution in [0.5, 0.6) is 0 Å². The second kappa shape index (κ2) is 8.13. The zero-order valence-corrected chi connectivity index (χ0v) is 11.3. The number of benzene rings is 1. The van der Waals surface area contributed by atoms with E-state index in [0.717, 1.165) is 12.0 Å². The van der Waals surface area contributed by atoms with E-state index in [1.807, 2.05) is 24.3 Å². The third-order valence-corrected chi connectivity index (χ3v) is 2.49. The number of aliphatic carboxylic acids is 1. The lowest BCUT2D eigenvalue weighted by molar-refractivity contribution is -0.138. The summed E-state index contributed by atoms with van der Waals surface area (Å²) in [7, 11) is 0. The Morgan fingerprint density at radius 2 is 1.42 bits per heavy atom. The van der Waals surface area contributed by atoms with Crippen LogP contribution in [0, 0.1) is 5.92 Å². The first-order valence-electron chi connectivity index (χ1n) is 5.97. The first kappa shape index (κ1) is 17.0. The lowest BCUT2D eigenvalue weighted by Gasteiger charge is -2.09. The molecular formula is C14H20O5. The van der Waals surface area contributed by atoms with Crippen LogP contribution in [-0.2, 0) is 11.2 Å². The van der Waals surface area contributed by atoms with E-state index in [2.05, 4.69) is 13.8 Å². The molecule has 19 heavy (non-hydrogen) atoms. The zero-order valence-electron chi connectivity index (χ0n) is 11.3. The highest BCUT2D eigenvalue weighted by molar-refractivity contribution is 5.75. The van der Waals surface area contributed by atoms with Gasteiger partial charge in [-0.3, -0.25) is 4.79 Å². The molecule has 0 aliphatic heterocycles. The zero-order chi connectivity index (χ0) is 15.0. The second-order valence-electron chi connectivity index (χ2n) is 4.68. The summed E-state index contributed by atoms with van der Waals surface area (Å²) in [6, 6.07) is 7.87. The average molecular weight is 268 g/mol. The van der Waals surface area contributed by atoms with E-state index < -0.39 is 18.0 Å². The maximum absolute atomic E-state index is 10.8. The monoisotopic (exact) mass is 268 g/mol. The third kappa shape index (κ3) is 7.81. The maximum Gasteiger partial charge on any atom is 0.503 e. The molecule has 0 radical (unpaired) electrons. The standard InChI is InChI=1S/C13H18O2.CH2O3/c1-9(2)8-11-4-6-12(7-5-11)10(3)13(14)15;2-1(3)4/h4-7,9-10H,8H2,1-3H3,(H,14,15);(H2,2,3,4). The minimum Gasteiger partial charge on any atom is -0.481 e. The molecule has 0 bridgehead atoms. The highest BCUT2D eigenvalue weighted by Crippen LogP contribution is 2.17. The van der Waals surface area contributed by atoms with Gasteiger partial charge in [0, 0.05) is 0 Å². The van der Waals surface area contributed by atoms with Crippen molar-refractivity contribution in [3.8, 4) is 0 Å². The van der Waals surface area contributed by atoms with Crippen molar-refractivity contribution in [2.45, 2.75) is 33.1 Å². The molecule has 0 saturated heterocycles. The van der Waals surface area contributed by atoms with Crippen molar-refractivity contribution < 1.29 is 24.9 Å². The topological polar surface area (TPSA) is 94.8 Å². The van der Waals surface area contributed by atoms with Crippen LogP contribution < -0.4 is 0 Å². The molecule has 0 saturated carbocycles. The molecule has 0 aliphatic carbocycles. The summed E-state index contributed by atoms with van der Waals surface area (Å²) in [6.07, 6.45) is -0.790. The van der Waals surface area contributed by atoms with Gasteiger partial charge in [-0.15, -0.1) is 0 Å². The number of carboxylic acids is 1. The molecule has 0 fully saturated rings. The van der Waals surface area contributed by atoms with Crippen molar-refractivity contribution in [3.63, 3.8) is 0 Å². The summed E-state index contributed by atoms with van der Waals surface area (Å²) in [6.45, 7) is 6.06. The van der Waals surface area contributed by atoms with Gasteiger partial charge in [0.1, 0.15) is 0 Å². The van der Waals surface area contributed by atoms with Gasteiger partial charge in [0.15, 0.2) is 0 Å². The number of rotatable bonds is 4. The summed E-state index contributed by atoms with van der Waals surface area (Å²) < 4.78 is 0. The summed E-state index contributed by atoms with van der Waals surface area (Å²) in [4.78, 5) is 19.3. The molecule has 1 rings (SSSR count). The molecular weight excluding hydrogens is 248 g/mol. The van der Waals surface area contributed by atoms with Crippen molar-refractivity contribution in [1.82, 2.24) is 0 Å². The van der Waals surface area contributed by atoms with Crippen LogP contribution in [-0.4, -0.2) is 27.4 Å². The second-order valence-corrected chi connectivity index (χ2v) is 4.68. The molecule has 3 N–H and O–H groups in total. The normalized spacial score (nSPS) is 11.4. The van der Waals surface area contributed by atoms with Gasteiger partial charge < -0.3 is 15.3 Å². The highest BCUT2D eigenvalue weighted by atomic mass is 16.6. The Bertz CT molecular complexity index is 404. The molecule has 0 aliphatic rings. The molecule has 0 amide bonds. The van der Waals surface area contributed by atoms with Gasteiger partial charge in [-0.25, -0.2) is 4.79 Å². The van der Waals surface area contributed by atoms with Crippen LogP contribution in [0.3, 0.4) is 0 Å². The van der Waals surface area contributed by atoms with Crippen molar-refractivity contribution in [1.29, 1.82) is 0 Å². The van der Waals surface area contributed by atoms with Crippen LogP contribution in [0.25, 0.3) is 0 Å². The third-order valence-electron chi connectivity index (χ3n) is 2.49. The maximum atomic E-state index is 10.8. The van der Waals surface area contributed by atoms with Crippen molar-refractivity contribution in [3.05, 3.63) is 35.4 Å². The van der Waals surface area contributed by atoms with Gasteiger partial charge >= 0.3 is 12.1 Å². The summed E-state index contributed by atoms with van der Waals surface area (Å²) >= 11 is 0. The van der Waals surface area contributed by atoms with Crippen molar-refractivity contribution in [2.75, 3.05) is 0 Å². The van der Waals surface area contributed by atoms with Crippen molar-refractivity contribution in [2.24, 2.45) is 5.92 Å². The smallest absolute Gasteiger partial charge is 0.481 e. The Kier molecular flexibility index (Phi) is 7.26. The average Bonchev–Trinajstić information content (AvgIpc) is 2.27. The summed E-state index contributed by atoms with van der Waals surface area (Å²) in [5.41, 5.74) is 2.14. The highest BCUT2D eigenvalue weighted by Gasteiger charge is 2.12. The molecule has 1 aromatic carbocycles. The minimum atomic E-state index is -1.83. The number of carbonyl (C=O) groups is 2. The van der Waals surface area contributed by atoms with Gasteiger partial charge in [-0.2, -0.15) is 0 Å². The predicted octanol–water partition coefficient (Wildman–Crippen LogP) is 3.30. The Morgan fingerprint density at radius 3 is 1.74 bits per heavy atom. The molecule has 0 heterocycles. The largest absolute Gasteiger partial charge is 0.503 e. The van der Waals surface area contributed by atoms with E-state index in [9.17, 15) is 4.79 Å². The first-order chi connectivity index (χ1) is 8.73. The lowest BCUT2D eigenvalue weighted by Crippen LogP contribution is -2.07. The van der Waals surface area contributed by atoms with E-state index in [-0.39, 0.29) is 0 Å². The molecule has 0 spiro atoms. The van der Waals surface area contributed by atoms with E-state index in [4.69, 9.17) is 20.1 Å². The molecule has 5 nitrogen and oxygen atoms in total. The Labute approximate surface area is 112 Å². The van der Waals surface area contributed by atoms with Crippen LogP contribution >= 0.6 is 0 Å².